The predicted octanol–water partition coefficient (Wildman–Crippen LogP) is 1.81. The number of aliphatic hydroxyl groups is 1. The largest absolute Gasteiger partial charge is 0.392 e. The molecule has 7 nitrogen and oxygen atoms in total. The van der Waals surface area contributed by atoms with E-state index in [0.717, 1.165) is 5.56 Å². The first kappa shape index (κ1) is 20.5. The van der Waals surface area contributed by atoms with Gasteiger partial charge < -0.3 is 15.2 Å². The Kier molecular flexibility index (Phi) is 7.43. The number of carbonyl (C=O) groups is 4. The van der Waals surface area contributed by atoms with Crippen molar-refractivity contribution in [1.29, 1.82) is 0 Å². The number of Topliss-reactive ketones (excluding diaryl/α,β-unsaturated/α-hetero) is 1. The number of amides is 3. The summed E-state index contributed by atoms with van der Waals surface area (Å²) < 4.78 is 0. The number of hydrogen-bond acceptors (Lipinski definition) is 5. The van der Waals surface area contributed by atoms with Gasteiger partial charge in [0.2, 0.25) is 5.91 Å². The highest BCUT2D eigenvalue weighted by molar-refractivity contribution is 6.12. The van der Waals surface area contributed by atoms with Crippen molar-refractivity contribution in [3.63, 3.8) is 0 Å². The maximum absolute atomic E-state index is 12.5. The molecule has 2 N–H and O–H groups in total. The number of anilines is 1. The Labute approximate surface area is 158 Å². The van der Waals surface area contributed by atoms with Crippen LogP contribution in [0.1, 0.15) is 38.2 Å². The molecule has 1 atom stereocenters. The van der Waals surface area contributed by atoms with Crippen molar-refractivity contribution in [3.05, 3.63) is 42.0 Å². The van der Waals surface area contributed by atoms with Gasteiger partial charge in [0.1, 0.15) is 5.78 Å². The zero-order valence-corrected chi connectivity index (χ0v) is 15.3. The van der Waals surface area contributed by atoms with E-state index in [2.05, 4.69) is 5.32 Å². The van der Waals surface area contributed by atoms with E-state index in [4.69, 9.17) is 5.11 Å². The van der Waals surface area contributed by atoms with Crippen LogP contribution in [0.5, 0.6) is 0 Å². The number of imide groups is 1. The van der Waals surface area contributed by atoms with Gasteiger partial charge in [-0.15, -0.1) is 0 Å². The second-order valence-corrected chi connectivity index (χ2v) is 6.60. The number of benzene rings is 1. The van der Waals surface area contributed by atoms with E-state index in [1.165, 1.54) is 24.0 Å². The molecule has 1 aromatic carbocycles. The van der Waals surface area contributed by atoms with Gasteiger partial charge >= 0.3 is 0 Å². The van der Waals surface area contributed by atoms with Gasteiger partial charge in [0.15, 0.2) is 0 Å². The third-order valence-corrected chi connectivity index (χ3v) is 4.39. The van der Waals surface area contributed by atoms with Crippen molar-refractivity contribution in [2.45, 2.75) is 39.2 Å². The van der Waals surface area contributed by atoms with E-state index in [9.17, 15) is 19.2 Å². The van der Waals surface area contributed by atoms with Gasteiger partial charge in [-0.3, -0.25) is 19.3 Å². The Balaban J connectivity index is 1.85. The molecule has 144 valence electrons. The summed E-state index contributed by atoms with van der Waals surface area (Å²) in [4.78, 5) is 48.2. The number of nitrogens with zero attached hydrogens (tertiary/aromatic N) is 1. The van der Waals surface area contributed by atoms with Crippen molar-refractivity contribution >= 4 is 29.2 Å². The first-order valence-electron chi connectivity index (χ1n) is 8.94. The average molecular weight is 372 g/mol. The van der Waals surface area contributed by atoms with Crippen molar-refractivity contribution in [2.75, 3.05) is 11.9 Å². The first-order chi connectivity index (χ1) is 12.9. The second kappa shape index (κ2) is 9.78. The van der Waals surface area contributed by atoms with Crippen LogP contribution in [0.15, 0.2) is 36.4 Å². The monoisotopic (exact) mass is 372 g/mol. The quantitative estimate of drug-likeness (QED) is 0.481. The Morgan fingerprint density at radius 1 is 1.07 bits per heavy atom. The minimum atomic E-state index is -0.469. The van der Waals surface area contributed by atoms with Gasteiger partial charge in [0.25, 0.3) is 11.8 Å². The normalized spacial score (nSPS) is 14.5. The number of unbranched alkanes of at least 4 members (excludes halogenated alkanes) is 1. The van der Waals surface area contributed by atoms with Crippen molar-refractivity contribution in [2.24, 2.45) is 5.92 Å². The van der Waals surface area contributed by atoms with Crippen LogP contribution >= 0.6 is 0 Å². The molecule has 0 spiro atoms. The fraction of sp³-hybridized carbons (Fsp3) is 0.400. The molecule has 0 aromatic heterocycles. The lowest BCUT2D eigenvalue weighted by Crippen LogP contribution is -2.31. The van der Waals surface area contributed by atoms with Gasteiger partial charge in [0, 0.05) is 36.7 Å². The van der Waals surface area contributed by atoms with Crippen molar-refractivity contribution < 1.29 is 24.3 Å². The van der Waals surface area contributed by atoms with Crippen LogP contribution in [0.25, 0.3) is 0 Å². The lowest BCUT2D eigenvalue weighted by atomic mass is 9.95. The molecule has 3 amide bonds. The average Bonchev–Trinajstić information content (AvgIpc) is 2.96. The molecule has 0 saturated carbocycles. The summed E-state index contributed by atoms with van der Waals surface area (Å²) in [6, 6.07) is 6.83. The zero-order valence-electron chi connectivity index (χ0n) is 15.3. The van der Waals surface area contributed by atoms with E-state index in [0.29, 0.717) is 31.5 Å². The van der Waals surface area contributed by atoms with E-state index >= 15 is 0 Å². The standard InChI is InChI=1S/C20H24N2O5/c1-14(24)12-16(4-2-3-11-22-18(25)9-10-19(22)26)20(27)21-17-7-5-15(13-23)6-8-17/h5-10,16,23H,2-4,11-13H2,1H3,(H,21,27)/t16-/m1/s1. The number of ketones is 1. The van der Waals surface area contributed by atoms with Crippen molar-refractivity contribution in [1.82, 2.24) is 4.90 Å². The summed E-state index contributed by atoms with van der Waals surface area (Å²) in [7, 11) is 0. The highest BCUT2D eigenvalue weighted by atomic mass is 16.3. The van der Waals surface area contributed by atoms with Crippen LogP contribution in [0.2, 0.25) is 0 Å². The van der Waals surface area contributed by atoms with E-state index in [1.807, 2.05) is 0 Å². The van der Waals surface area contributed by atoms with E-state index in [-0.39, 0.29) is 36.5 Å². The smallest absolute Gasteiger partial charge is 0.253 e. The summed E-state index contributed by atoms with van der Waals surface area (Å²) in [5, 5.41) is 11.8. The molecule has 0 aliphatic carbocycles. The number of hydrogen-bond donors (Lipinski definition) is 2. The number of aliphatic hydroxyl groups excluding tert-OH is 1. The van der Waals surface area contributed by atoms with Crippen LogP contribution in [-0.2, 0) is 25.8 Å². The third-order valence-electron chi connectivity index (χ3n) is 4.39. The Hall–Kier alpha value is -2.80. The molecule has 2 rings (SSSR count). The fourth-order valence-corrected chi connectivity index (χ4v) is 2.92. The zero-order chi connectivity index (χ0) is 19.8. The third kappa shape index (κ3) is 6.14. The maximum atomic E-state index is 12.5. The number of rotatable bonds is 10. The van der Waals surface area contributed by atoms with Crippen LogP contribution in [0.3, 0.4) is 0 Å². The van der Waals surface area contributed by atoms with Gasteiger partial charge in [-0.2, -0.15) is 0 Å². The van der Waals surface area contributed by atoms with Gasteiger partial charge in [0.05, 0.1) is 6.61 Å². The first-order valence-corrected chi connectivity index (χ1v) is 8.94. The molecule has 1 aliphatic rings. The van der Waals surface area contributed by atoms with Crippen LogP contribution < -0.4 is 5.32 Å². The number of nitrogens with one attached hydrogen (secondary N) is 1. The molecular formula is C20H24N2O5. The highest BCUT2D eigenvalue weighted by Gasteiger charge is 2.24. The molecule has 1 aliphatic heterocycles. The fourth-order valence-electron chi connectivity index (χ4n) is 2.92. The van der Waals surface area contributed by atoms with E-state index in [1.54, 1.807) is 24.3 Å². The molecule has 27 heavy (non-hydrogen) atoms. The summed E-state index contributed by atoms with van der Waals surface area (Å²) in [6.45, 7) is 1.68. The SMILES string of the molecule is CC(=O)C[C@@H](CCCCN1C(=O)C=CC1=O)C(=O)Nc1ccc(CO)cc1. The predicted molar refractivity (Wildman–Crippen MR) is 99.5 cm³/mol. The van der Waals surface area contributed by atoms with Gasteiger partial charge in [-0.1, -0.05) is 18.6 Å². The highest BCUT2D eigenvalue weighted by Crippen LogP contribution is 2.18. The summed E-state index contributed by atoms with van der Waals surface area (Å²) in [6.07, 6.45) is 4.32. The minimum Gasteiger partial charge on any atom is -0.392 e. The molecule has 1 heterocycles. The molecule has 0 saturated heterocycles. The molecular weight excluding hydrogens is 348 g/mol. The summed E-state index contributed by atoms with van der Waals surface area (Å²) in [5.41, 5.74) is 1.35. The summed E-state index contributed by atoms with van der Waals surface area (Å²) in [5.74, 6) is -1.41. The Morgan fingerprint density at radius 3 is 2.26 bits per heavy atom. The second-order valence-electron chi connectivity index (χ2n) is 6.60. The van der Waals surface area contributed by atoms with Crippen molar-refractivity contribution in [3.8, 4) is 0 Å². The molecule has 7 heteroatoms. The Morgan fingerprint density at radius 2 is 1.70 bits per heavy atom. The van der Waals surface area contributed by atoms with Gasteiger partial charge in [-0.05, 0) is 37.5 Å². The topological polar surface area (TPSA) is 104 Å². The maximum Gasteiger partial charge on any atom is 0.253 e. The molecule has 0 unspecified atom stereocenters. The van der Waals surface area contributed by atoms with E-state index < -0.39 is 5.92 Å². The molecule has 0 bridgehead atoms. The molecule has 1 aromatic rings. The molecule has 0 fully saturated rings. The van der Waals surface area contributed by atoms with Gasteiger partial charge in [-0.25, -0.2) is 0 Å². The summed E-state index contributed by atoms with van der Waals surface area (Å²) >= 11 is 0. The minimum absolute atomic E-state index is 0.0696. The van der Waals surface area contributed by atoms with Crippen LogP contribution in [-0.4, -0.2) is 40.1 Å². The van der Waals surface area contributed by atoms with Crippen LogP contribution in [0, 0.1) is 5.92 Å². The van der Waals surface area contributed by atoms with Crippen LogP contribution in [0.4, 0.5) is 5.69 Å². The number of carbonyl (C=O) groups excluding carboxylic acids is 4. The lowest BCUT2D eigenvalue weighted by molar-refractivity contribution is -0.137. The Bertz CT molecular complexity index is 721. The molecule has 0 radical (unpaired) electrons. The lowest BCUT2D eigenvalue weighted by Gasteiger charge is -2.17.